The number of nitrogens with zero attached hydrogens (tertiary/aromatic N) is 1. The largest absolute Gasteiger partial charge is 0.481 e. The zero-order valence-corrected chi connectivity index (χ0v) is 11.6. The van der Waals surface area contributed by atoms with Crippen molar-refractivity contribution in [2.45, 2.75) is 44.7 Å². The van der Waals surface area contributed by atoms with E-state index in [0.29, 0.717) is 17.8 Å². The highest BCUT2D eigenvalue weighted by Crippen LogP contribution is 2.23. The molecule has 0 saturated heterocycles. The average Bonchev–Trinajstić information content (AvgIpc) is 2.70. The predicted molar refractivity (Wildman–Crippen MR) is 75.1 cm³/mol. The number of hydrogen-bond donors (Lipinski definition) is 2. The van der Waals surface area contributed by atoms with Gasteiger partial charge in [0.2, 0.25) is 5.88 Å². The molecule has 0 radical (unpaired) electrons. The number of rotatable bonds is 5. The zero-order valence-electron chi connectivity index (χ0n) is 11.6. The third-order valence-corrected chi connectivity index (χ3v) is 3.93. The summed E-state index contributed by atoms with van der Waals surface area (Å²) in [4.78, 5) is 4.40. The van der Waals surface area contributed by atoms with E-state index in [2.05, 4.69) is 10.3 Å². The summed E-state index contributed by atoms with van der Waals surface area (Å²) < 4.78 is 5.13. The molecule has 0 unspecified atom stereocenters. The van der Waals surface area contributed by atoms with E-state index < -0.39 is 0 Å². The standard InChI is InChI=1S/C15H24N2O2/c1-19-15-9-5-7-13(17-15)10-16-14-8-4-2-3-6-12(14)11-18/h5,7,9,12,14,16,18H,2-4,6,8,10-11H2,1H3/t12-,14-/m1/s1. The van der Waals surface area contributed by atoms with Crippen LogP contribution in [0.1, 0.15) is 37.8 Å². The van der Waals surface area contributed by atoms with E-state index in [0.717, 1.165) is 25.1 Å². The van der Waals surface area contributed by atoms with Gasteiger partial charge in [-0.2, -0.15) is 0 Å². The summed E-state index contributed by atoms with van der Waals surface area (Å²) in [6, 6.07) is 6.21. The third-order valence-electron chi connectivity index (χ3n) is 3.93. The molecule has 0 amide bonds. The van der Waals surface area contributed by atoms with E-state index in [1.807, 2.05) is 18.2 Å². The smallest absolute Gasteiger partial charge is 0.213 e. The van der Waals surface area contributed by atoms with Crippen LogP contribution in [0.2, 0.25) is 0 Å². The van der Waals surface area contributed by atoms with E-state index >= 15 is 0 Å². The molecule has 1 aliphatic carbocycles. The van der Waals surface area contributed by atoms with Crippen LogP contribution in [0.5, 0.6) is 5.88 Å². The average molecular weight is 264 g/mol. The first-order valence-corrected chi connectivity index (χ1v) is 7.17. The van der Waals surface area contributed by atoms with Crippen LogP contribution in [0.25, 0.3) is 0 Å². The number of pyridine rings is 1. The Hall–Kier alpha value is -1.13. The molecule has 1 saturated carbocycles. The Morgan fingerprint density at radius 1 is 1.32 bits per heavy atom. The van der Waals surface area contributed by atoms with Crippen molar-refractivity contribution >= 4 is 0 Å². The molecule has 0 aliphatic heterocycles. The van der Waals surface area contributed by atoms with Gasteiger partial charge in [0.05, 0.1) is 12.8 Å². The second kappa shape index (κ2) is 7.46. The number of aliphatic hydroxyl groups is 1. The number of hydrogen-bond acceptors (Lipinski definition) is 4. The summed E-state index contributed by atoms with van der Waals surface area (Å²) in [5.74, 6) is 1.03. The first-order valence-electron chi connectivity index (χ1n) is 7.17. The van der Waals surface area contributed by atoms with Gasteiger partial charge in [-0.1, -0.05) is 25.3 Å². The molecule has 1 aromatic rings. The van der Waals surface area contributed by atoms with Gasteiger partial charge < -0.3 is 15.2 Å². The Morgan fingerprint density at radius 3 is 2.95 bits per heavy atom. The van der Waals surface area contributed by atoms with Gasteiger partial charge in [-0.05, 0) is 24.8 Å². The lowest BCUT2D eigenvalue weighted by Gasteiger charge is -2.24. The van der Waals surface area contributed by atoms with E-state index in [-0.39, 0.29) is 6.61 Å². The van der Waals surface area contributed by atoms with E-state index in [9.17, 15) is 5.11 Å². The molecular weight excluding hydrogens is 240 g/mol. The predicted octanol–water partition coefficient (Wildman–Crippen LogP) is 2.12. The molecule has 2 atom stereocenters. The molecule has 4 heteroatoms. The second-order valence-corrected chi connectivity index (χ2v) is 5.24. The fraction of sp³-hybridized carbons (Fsp3) is 0.667. The highest BCUT2D eigenvalue weighted by molar-refractivity contribution is 5.15. The highest BCUT2D eigenvalue weighted by atomic mass is 16.5. The normalized spacial score (nSPS) is 23.9. The SMILES string of the molecule is COc1cccc(CN[C@@H]2CCCCC[C@@H]2CO)n1. The van der Waals surface area contributed by atoms with Gasteiger partial charge in [0.1, 0.15) is 0 Å². The van der Waals surface area contributed by atoms with Crippen molar-refractivity contribution in [2.75, 3.05) is 13.7 Å². The molecule has 1 heterocycles. The fourth-order valence-electron chi connectivity index (χ4n) is 2.78. The third kappa shape index (κ3) is 4.18. The summed E-state index contributed by atoms with van der Waals surface area (Å²) in [5.41, 5.74) is 0.986. The first-order chi connectivity index (χ1) is 9.33. The topological polar surface area (TPSA) is 54.4 Å². The minimum Gasteiger partial charge on any atom is -0.481 e. The lowest BCUT2D eigenvalue weighted by atomic mass is 9.95. The molecule has 0 spiro atoms. The summed E-state index contributed by atoms with van der Waals surface area (Å²) in [7, 11) is 1.63. The molecule has 19 heavy (non-hydrogen) atoms. The van der Waals surface area contributed by atoms with E-state index in [1.54, 1.807) is 7.11 Å². The van der Waals surface area contributed by atoms with Crippen LogP contribution in [0.15, 0.2) is 18.2 Å². The Morgan fingerprint density at radius 2 is 2.16 bits per heavy atom. The Kier molecular flexibility index (Phi) is 5.61. The lowest BCUT2D eigenvalue weighted by Crippen LogP contribution is -2.37. The first kappa shape index (κ1) is 14.3. The molecule has 1 aromatic heterocycles. The Balaban J connectivity index is 1.91. The maximum atomic E-state index is 9.49. The van der Waals surface area contributed by atoms with Crippen LogP contribution in [-0.2, 0) is 6.54 Å². The van der Waals surface area contributed by atoms with Gasteiger partial charge in [-0.15, -0.1) is 0 Å². The Bertz CT molecular complexity index is 384. The summed E-state index contributed by atoms with van der Waals surface area (Å²) >= 11 is 0. The number of ether oxygens (including phenoxy) is 1. The van der Waals surface area contributed by atoms with Gasteiger partial charge in [-0.25, -0.2) is 4.98 Å². The summed E-state index contributed by atoms with van der Waals surface area (Å²) in [6.45, 7) is 1.02. The quantitative estimate of drug-likeness (QED) is 0.800. The van der Waals surface area contributed by atoms with Crippen LogP contribution in [0, 0.1) is 5.92 Å². The molecule has 1 aliphatic rings. The summed E-state index contributed by atoms with van der Waals surface area (Å²) in [6.07, 6.45) is 6.04. The van der Waals surface area contributed by atoms with Crippen molar-refractivity contribution in [2.24, 2.45) is 5.92 Å². The molecule has 106 valence electrons. The van der Waals surface area contributed by atoms with Crippen LogP contribution in [0.3, 0.4) is 0 Å². The lowest BCUT2D eigenvalue weighted by molar-refractivity contribution is 0.180. The van der Waals surface area contributed by atoms with Gasteiger partial charge in [0.15, 0.2) is 0 Å². The van der Waals surface area contributed by atoms with Crippen LogP contribution >= 0.6 is 0 Å². The maximum Gasteiger partial charge on any atom is 0.213 e. The monoisotopic (exact) mass is 264 g/mol. The van der Waals surface area contributed by atoms with Crippen LogP contribution in [0.4, 0.5) is 0 Å². The minimum absolute atomic E-state index is 0.281. The minimum atomic E-state index is 0.281. The van der Waals surface area contributed by atoms with Crippen molar-refractivity contribution in [3.05, 3.63) is 23.9 Å². The van der Waals surface area contributed by atoms with Crippen molar-refractivity contribution in [3.63, 3.8) is 0 Å². The zero-order chi connectivity index (χ0) is 13.5. The number of nitrogens with one attached hydrogen (secondary N) is 1. The van der Waals surface area contributed by atoms with Crippen LogP contribution in [-0.4, -0.2) is 29.8 Å². The fourth-order valence-corrected chi connectivity index (χ4v) is 2.78. The molecule has 4 nitrogen and oxygen atoms in total. The van der Waals surface area contributed by atoms with Gasteiger partial charge >= 0.3 is 0 Å². The van der Waals surface area contributed by atoms with Crippen LogP contribution < -0.4 is 10.1 Å². The van der Waals surface area contributed by atoms with E-state index in [4.69, 9.17) is 4.74 Å². The molecule has 1 fully saturated rings. The molecule has 2 N–H and O–H groups in total. The van der Waals surface area contributed by atoms with Gasteiger partial charge in [-0.3, -0.25) is 0 Å². The van der Waals surface area contributed by atoms with Crippen molar-refractivity contribution in [3.8, 4) is 5.88 Å². The molecule has 2 rings (SSSR count). The number of aliphatic hydroxyl groups excluding tert-OH is 1. The molecule has 0 bridgehead atoms. The van der Waals surface area contributed by atoms with Crippen molar-refractivity contribution in [1.29, 1.82) is 0 Å². The maximum absolute atomic E-state index is 9.49. The number of methoxy groups -OCH3 is 1. The van der Waals surface area contributed by atoms with Gasteiger partial charge in [0.25, 0.3) is 0 Å². The second-order valence-electron chi connectivity index (χ2n) is 5.24. The molecule has 0 aromatic carbocycles. The number of aromatic nitrogens is 1. The van der Waals surface area contributed by atoms with Gasteiger partial charge in [0, 0.05) is 25.3 Å². The Labute approximate surface area is 115 Å². The van der Waals surface area contributed by atoms with Crippen molar-refractivity contribution in [1.82, 2.24) is 10.3 Å². The molecular formula is C15H24N2O2. The highest BCUT2D eigenvalue weighted by Gasteiger charge is 2.22. The summed E-state index contributed by atoms with van der Waals surface area (Å²) in [5, 5.41) is 13.0. The van der Waals surface area contributed by atoms with E-state index in [1.165, 1.54) is 19.3 Å². The van der Waals surface area contributed by atoms with Crippen molar-refractivity contribution < 1.29 is 9.84 Å².